The molecule has 16 heavy (non-hydrogen) atoms. The zero-order valence-electron chi connectivity index (χ0n) is 9.86. The fraction of sp³-hybridized carbons (Fsp3) is 0.818. The number of carbonyl (C=O) groups excluding carboxylic acids is 2. The number of ether oxygens (including phenoxy) is 2. The van der Waals surface area contributed by atoms with Gasteiger partial charge in [-0.15, -0.1) is 0 Å². The standard InChI is InChI=1S/C6H12S.C5H6O4/c1-5(2)4-6(5,3)7;6-3-9-4-1-2-8-5(4)7/h7H,4H2,1-3H3;3-4H,1-2H2. The van der Waals surface area contributed by atoms with Crippen molar-refractivity contribution in [2.45, 2.75) is 44.5 Å². The molecule has 1 aliphatic carbocycles. The van der Waals surface area contributed by atoms with E-state index in [-0.39, 0.29) is 6.47 Å². The van der Waals surface area contributed by atoms with Crippen molar-refractivity contribution in [2.24, 2.45) is 5.41 Å². The van der Waals surface area contributed by atoms with Gasteiger partial charge in [-0.1, -0.05) is 20.8 Å². The van der Waals surface area contributed by atoms with E-state index in [9.17, 15) is 9.59 Å². The van der Waals surface area contributed by atoms with Gasteiger partial charge in [-0.3, -0.25) is 4.79 Å². The van der Waals surface area contributed by atoms with Gasteiger partial charge in [0, 0.05) is 11.2 Å². The van der Waals surface area contributed by atoms with E-state index in [0.717, 1.165) is 0 Å². The molecule has 1 aliphatic heterocycles. The van der Waals surface area contributed by atoms with Gasteiger partial charge >= 0.3 is 5.97 Å². The molecule has 0 aromatic rings. The Bertz CT molecular complexity index is 274. The molecule has 0 aromatic carbocycles. The van der Waals surface area contributed by atoms with Crippen molar-refractivity contribution in [3.8, 4) is 0 Å². The van der Waals surface area contributed by atoms with Gasteiger partial charge in [-0.2, -0.15) is 12.6 Å². The van der Waals surface area contributed by atoms with Crippen molar-refractivity contribution < 1.29 is 19.1 Å². The van der Waals surface area contributed by atoms with Crippen LogP contribution in [0.25, 0.3) is 0 Å². The SMILES string of the molecule is CC1(C)CC1(C)S.O=COC1CCOC1=O. The monoisotopic (exact) mass is 246 g/mol. The van der Waals surface area contributed by atoms with Crippen LogP contribution in [0, 0.1) is 5.41 Å². The molecule has 2 rings (SSSR count). The Kier molecular flexibility index (Phi) is 3.88. The number of hydrogen-bond acceptors (Lipinski definition) is 5. The molecule has 2 fully saturated rings. The molecule has 4 nitrogen and oxygen atoms in total. The Morgan fingerprint density at radius 2 is 2.00 bits per heavy atom. The lowest BCUT2D eigenvalue weighted by Gasteiger charge is -2.03. The van der Waals surface area contributed by atoms with Crippen molar-refractivity contribution in [3.05, 3.63) is 0 Å². The van der Waals surface area contributed by atoms with Crippen LogP contribution >= 0.6 is 12.6 Å². The van der Waals surface area contributed by atoms with E-state index in [2.05, 4.69) is 42.9 Å². The average molecular weight is 246 g/mol. The lowest BCUT2D eigenvalue weighted by molar-refractivity contribution is -0.152. The topological polar surface area (TPSA) is 52.6 Å². The van der Waals surface area contributed by atoms with Crippen molar-refractivity contribution in [2.75, 3.05) is 6.61 Å². The Labute approximate surface area is 101 Å². The second-order valence-corrected chi connectivity index (χ2v) is 6.00. The zero-order valence-corrected chi connectivity index (χ0v) is 10.8. The van der Waals surface area contributed by atoms with Gasteiger partial charge in [-0.05, 0) is 11.8 Å². The van der Waals surface area contributed by atoms with E-state index in [1.807, 2.05) is 0 Å². The predicted molar refractivity (Wildman–Crippen MR) is 62.3 cm³/mol. The molecule has 0 N–H and O–H groups in total. The highest BCUT2D eigenvalue weighted by molar-refractivity contribution is 7.82. The Morgan fingerprint density at radius 1 is 1.50 bits per heavy atom. The second-order valence-electron chi connectivity index (χ2n) is 5.01. The Hall–Kier alpha value is -0.710. The third kappa shape index (κ3) is 3.14. The zero-order chi connectivity index (χ0) is 12.4. The van der Waals surface area contributed by atoms with E-state index < -0.39 is 12.1 Å². The highest BCUT2D eigenvalue weighted by atomic mass is 32.1. The summed E-state index contributed by atoms with van der Waals surface area (Å²) in [6.45, 7) is 7.31. The van der Waals surface area contributed by atoms with E-state index in [1.165, 1.54) is 6.42 Å². The van der Waals surface area contributed by atoms with Gasteiger partial charge in [0.2, 0.25) is 6.10 Å². The van der Waals surface area contributed by atoms with Gasteiger partial charge in [0.05, 0.1) is 6.61 Å². The molecule has 92 valence electrons. The maximum Gasteiger partial charge on any atom is 0.347 e. The minimum Gasteiger partial charge on any atom is -0.463 e. The third-order valence-electron chi connectivity index (χ3n) is 3.23. The summed E-state index contributed by atoms with van der Waals surface area (Å²) in [6, 6.07) is 0. The van der Waals surface area contributed by atoms with Crippen LogP contribution in [0.3, 0.4) is 0 Å². The molecule has 2 atom stereocenters. The smallest absolute Gasteiger partial charge is 0.347 e. The molecule has 1 heterocycles. The molecule has 0 spiro atoms. The fourth-order valence-electron chi connectivity index (χ4n) is 1.48. The molecule has 0 amide bonds. The van der Waals surface area contributed by atoms with Crippen LogP contribution in [0.5, 0.6) is 0 Å². The van der Waals surface area contributed by atoms with Crippen LogP contribution in [0.1, 0.15) is 33.6 Å². The predicted octanol–water partition coefficient (Wildman–Crippen LogP) is 1.58. The van der Waals surface area contributed by atoms with Crippen LogP contribution in [0.4, 0.5) is 0 Å². The summed E-state index contributed by atoms with van der Waals surface area (Å²) < 4.78 is 9.20. The first kappa shape index (κ1) is 13.4. The molecule has 0 bridgehead atoms. The molecule has 5 heteroatoms. The first-order valence-corrected chi connectivity index (χ1v) is 5.73. The van der Waals surface area contributed by atoms with Crippen LogP contribution in [0.15, 0.2) is 0 Å². The van der Waals surface area contributed by atoms with E-state index >= 15 is 0 Å². The van der Waals surface area contributed by atoms with Crippen molar-refractivity contribution >= 4 is 25.1 Å². The van der Waals surface area contributed by atoms with Crippen molar-refractivity contribution in [3.63, 3.8) is 0 Å². The maximum absolute atomic E-state index is 10.5. The lowest BCUT2D eigenvalue weighted by Crippen LogP contribution is -2.17. The molecule has 2 aliphatic rings. The Morgan fingerprint density at radius 3 is 2.25 bits per heavy atom. The molecule has 1 saturated heterocycles. The first-order valence-electron chi connectivity index (χ1n) is 5.28. The van der Waals surface area contributed by atoms with Gasteiger partial charge < -0.3 is 9.47 Å². The minimum atomic E-state index is -0.650. The average Bonchev–Trinajstić information content (AvgIpc) is 2.47. The lowest BCUT2D eigenvalue weighted by atomic mass is 10.1. The molecule has 0 aromatic heterocycles. The van der Waals surface area contributed by atoms with Crippen LogP contribution in [-0.2, 0) is 19.1 Å². The van der Waals surface area contributed by atoms with Gasteiger partial charge in [-0.25, -0.2) is 4.79 Å². The minimum absolute atomic E-state index is 0.261. The number of cyclic esters (lactones) is 1. The number of rotatable bonds is 2. The van der Waals surface area contributed by atoms with E-state index in [4.69, 9.17) is 0 Å². The first-order chi connectivity index (χ1) is 7.30. The molecule has 1 saturated carbocycles. The summed E-state index contributed by atoms with van der Waals surface area (Å²) in [5, 5.41) is 0. The number of carbonyl (C=O) groups is 2. The summed E-state index contributed by atoms with van der Waals surface area (Å²) in [6.07, 6.45) is 1.10. The van der Waals surface area contributed by atoms with Crippen LogP contribution in [-0.4, -0.2) is 29.9 Å². The van der Waals surface area contributed by atoms with E-state index in [0.29, 0.717) is 23.2 Å². The fourth-order valence-corrected chi connectivity index (χ4v) is 1.88. The maximum atomic E-state index is 10.5. The van der Waals surface area contributed by atoms with Gasteiger partial charge in [0.1, 0.15) is 0 Å². The Balaban J connectivity index is 0.000000165. The van der Waals surface area contributed by atoms with Crippen molar-refractivity contribution in [1.82, 2.24) is 0 Å². The summed E-state index contributed by atoms with van der Waals surface area (Å²) >= 11 is 4.41. The molecular weight excluding hydrogens is 228 g/mol. The highest BCUT2D eigenvalue weighted by Crippen LogP contribution is 2.59. The largest absolute Gasteiger partial charge is 0.463 e. The number of thiol groups is 1. The van der Waals surface area contributed by atoms with Crippen LogP contribution < -0.4 is 0 Å². The van der Waals surface area contributed by atoms with Gasteiger partial charge in [0.15, 0.2) is 0 Å². The third-order valence-corrected chi connectivity index (χ3v) is 3.99. The molecule has 0 radical (unpaired) electrons. The molecular formula is C11H18O4S. The van der Waals surface area contributed by atoms with E-state index in [1.54, 1.807) is 0 Å². The van der Waals surface area contributed by atoms with Gasteiger partial charge in [0.25, 0.3) is 6.47 Å². The second kappa shape index (κ2) is 4.65. The highest BCUT2D eigenvalue weighted by Gasteiger charge is 2.54. The summed E-state index contributed by atoms with van der Waals surface area (Å²) in [5.41, 5.74) is 0.510. The quantitative estimate of drug-likeness (QED) is 0.456. The van der Waals surface area contributed by atoms with Crippen LogP contribution in [0.2, 0.25) is 0 Å². The summed E-state index contributed by atoms with van der Waals surface area (Å²) in [4.78, 5) is 20.1. The summed E-state index contributed by atoms with van der Waals surface area (Å²) in [7, 11) is 0. The normalized spacial score (nSPS) is 34.5. The number of esters is 1. The molecule has 2 unspecified atom stereocenters. The number of hydrogen-bond donors (Lipinski definition) is 1. The summed E-state index contributed by atoms with van der Waals surface area (Å²) in [5.74, 6) is -0.442. The van der Waals surface area contributed by atoms with Crippen molar-refractivity contribution in [1.29, 1.82) is 0 Å².